The monoisotopic (exact) mass is 1400 g/mol. The summed E-state index contributed by atoms with van der Waals surface area (Å²) in [7, 11) is 1.74. The zero-order valence-corrected chi connectivity index (χ0v) is 55.7. The van der Waals surface area contributed by atoms with Crippen LogP contribution in [-0.2, 0) is 76.8 Å². The van der Waals surface area contributed by atoms with Crippen LogP contribution in [0.5, 0.6) is 11.5 Å². The second-order valence-electron chi connectivity index (χ2n) is 23.7. The first-order chi connectivity index (χ1) is 46.8. The molecule has 10 atom stereocenters. The first kappa shape index (κ1) is 77.3. The molecule has 3 aromatic carbocycles. The third-order valence-corrected chi connectivity index (χ3v) is 18.4. The number of hydrogen-bond acceptors (Lipinski definition) is 20. The van der Waals surface area contributed by atoms with E-state index in [9.17, 15) is 78.0 Å². The summed E-state index contributed by atoms with van der Waals surface area (Å²) < 4.78 is 0. The van der Waals surface area contributed by atoms with Crippen molar-refractivity contribution in [3.8, 4) is 11.5 Å². The lowest BCUT2D eigenvalue weighted by molar-refractivity contribution is -0.139. The molecule has 35 heteroatoms. The summed E-state index contributed by atoms with van der Waals surface area (Å²) in [5.74, 6) is -12.8. The predicted octanol–water partition coefficient (Wildman–Crippen LogP) is -4.61. The van der Waals surface area contributed by atoms with E-state index in [2.05, 4.69) is 63.1 Å². The molecule has 0 spiro atoms. The highest BCUT2D eigenvalue weighted by molar-refractivity contribution is 8.76. The Morgan fingerprint density at radius 2 is 1.28 bits per heavy atom. The second kappa shape index (κ2) is 38.3. The van der Waals surface area contributed by atoms with Gasteiger partial charge in [0.1, 0.15) is 71.9 Å². The van der Waals surface area contributed by atoms with Gasteiger partial charge >= 0.3 is 0 Å². The maximum atomic E-state index is 14.9. The number of aromatic nitrogens is 1. The number of likely N-dealkylation sites (tertiary alicyclic amines) is 1. The number of hydrogen-bond donors (Lipinski definition) is 19. The molecule has 2 fully saturated rings. The van der Waals surface area contributed by atoms with E-state index in [1.54, 1.807) is 44.3 Å². The number of nitrogens with two attached hydrogens (primary N) is 4. The van der Waals surface area contributed by atoms with Crippen LogP contribution in [0.3, 0.4) is 0 Å². The highest BCUT2D eigenvalue weighted by Crippen LogP contribution is 2.25. The van der Waals surface area contributed by atoms with E-state index >= 15 is 0 Å². The SMILES string of the molecule is CC(C)[C@H]1NC(=O)[C@@H](NC(=O)[C@H](Cc2ccc(O)cc2)NC(=O)[C@H]2CCCN2C(=O)CCN)CSSC[C@H](C(N)=O)NC(=O)[C@@H](CO)NC(=O)[C@H](Cc2c[nH]c3ccccc23)NC(=O)[C@@H](CO)NC(=O)CCNC(=O)[C@H](CCCN=C(N)N)NC(=O)[C@@H](Cc2ccc(O)cc2)NC1=O. The fraction of sp³-hybridized carbons (Fsp3) is 0.476. The molecule has 3 heterocycles. The zero-order chi connectivity index (χ0) is 71.6. The second-order valence-corrected chi connectivity index (χ2v) is 26.2. The molecule has 98 heavy (non-hydrogen) atoms. The Morgan fingerprint density at radius 3 is 1.92 bits per heavy atom. The topological polar surface area (TPSA) is 542 Å². The minimum Gasteiger partial charge on any atom is -0.508 e. The molecule has 0 unspecified atom stereocenters. The number of H-pyrrole nitrogens is 1. The molecule has 12 amide bonds. The number of nitrogens with zero attached hydrogens (tertiary/aromatic N) is 2. The summed E-state index contributed by atoms with van der Waals surface area (Å²) in [5, 5.41) is 67.5. The lowest BCUT2D eigenvalue weighted by Crippen LogP contribution is -2.61. The smallest absolute Gasteiger partial charge is 0.245 e. The van der Waals surface area contributed by atoms with Crippen molar-refractivity contribution in [1.82, 2.24) is 63.1 Å². The van der Waals surface area contributed by atoms with Gasteiger partial charge in [-0.15, -0.1) is 0 Å². The van der Waals surface area contributed by atoms with Crippen LogP contribution in [0, 0.1) is 5.92 Å². The Labute approximate surface area is 571 Å². The van der Waals surface area contributed by atoms with E-state index in [1.165, 1.54) is 53.4 Å². The Morgan fingerprint density at radius 1 is 0.684 bits per heavy atom. The van der Waals surface area contributed by atoms with Gasteiger partial charge in [-0.2, -0.15) is 0 Å². The molecule has 0 aliphatic carbocycles. The van der Waals surface area contributed by atoms with Crippen LogP contribution in [-0.4, -0.2) is 218 Å². The summed E-state index contributed by atoms with van der Waals surface area (Å²) in [6.07, 6.45) is 0.994. The van der Waals surface area contributed by atoms with Crippen LogP contribution in [0.1, 0.15) is 69.1 Å². The van der Waals surface area contributed by atoms with Crippen molar-refractivity contribution < 1.29 is 78.0 Å². The lowest BCUT2D eigenvalue weighted by atomic mass is 10.00. The Kier molecular flexibility index (Phi) is 30.2. The molecular formula is C63H87N17O16S2. The molecule has 23 N–H and O–H groups in total. The number of aromatic hydroxyl groups is 2. The molecule has 6 rings (SSSR count). The molecule has 1 aromatic heterocycles. The molecular weight excluding hydrogens is 1310 g/mol. The number of aliphatic hydroxyl groups excluding tert-OH is 2. The van der Waals surface area contributed by atoms with Crippen molar-refractivity contribution in [2.24, 2.45) is 33.8 Å². The van der Waals surface area contributed by atoms with Gasteiger partial charge in [-0.1, -0.05) is 77.9 Å². The number of nitrogens with one attached hydrogen (secondary N) is 11. The molecule has 2 saturated heterocycles. The van der Waals surface area contributed by atoms with Gasteiger partial charge in [0.2, 0.25) is 70.9 Å². The number of para-hydroxylation sites is 1. The lowest BCUT2D eigenvalue weighted by Gasteiger charge is -2.29. The van der Waals surface area contributed by atoms with Crippen molar-refractivity contribution in [2.45, 2.75) is 132 Å². The maximum absolute atomic E-state index is 14.9. The van der Waals surface area contributed by atoms with Gasteiger partial charge in [0.15, 0.2) is 5.96 Å². The number of aliphatic hydroxyl groups is 2. The molecule has 0 saturated carbocycles. The Hall–Kier alpha value is -9.71. The number of benzene rings is 3. The van der Waals surface area contributed by atoms with E-state index in [4.69, 9.17) is 22.9 Å². The van der Waals surface area contributed by atoms with Gasteiger partial charge in [-0.05, 0) is 78.6 Å². The summed E-state index contributed by atoms with van der Waals surface area (Å²) in [4.78, 5) is 178. The van der Waals surface area contributed by atoms with Gasteiger partial charge in [-0.3, -0.25) is 62.5 Å². The summed E-state index contributed by atoms with van der Waals surface area (Å²) >= 11 is 0. The maximum Gasteiger partial charge on any atom is 0.245 e. The van der Waals surface area contributed by atoms with Crippen LogP contribution in [0.15, 0.2) is 84.0 Å². The standard InChI is InChI=1S/C63H87N17O16S2/c1-33(2)52-62(96)75-43(26-35-13-17-38(84)18-14-35)55(89)72-41(9-5-22-69-63(66)67)54(88)68-23-20-50(85)71-45(29-81)58(92)73-44(27-36-28-70-40-8-4-3-7-39(36)40)57(91)76-46(30-82)59(93)77-47(53(65)87)31-97-98-32-48(60(94)79-52)78-56(90)42(25-34-11-15-37(83)16-12-34)74-61(95)49-10-6-24-80(49)51(86)19-21-64/h3-4,7-8,11-18,28,33,41-49,52,70,81-84H,5-6,9-10,19-27,29-32,64H2,1-2H3,(H2,65,87)(H,68,88)(H,71,85)(H,72,89)(H,73,92)(H,74,95)(H,75,96)(H,76,91)(H,77,93)(H,78,90)(H,79,94)(H4,66,67,69)/t41-,42-,43+,44-,45+,46+,47+,48-,49+,52+/m0/s1. The van der Waals surface area contributed by atoms with Gasteiger partial charge in [-0.25, -0.2) is 0 Å². The molecule has 33 nitrogen and oxygen atoms in total. The van der Waals surface area contributed by atoms with E-state index in [0.29, 0.717) is 34.0 Å². The van der Waals surface area contributed by atoms with Gasteiger partial charge in [0, 0.05) is 86.9 Å². The van der Waals surface area contributed by atoms with E-state index in [0.717, 1.165) is 21.6 Å². The molecule has 2 aliphatic rings. The van der Waals surface area contributed by atoms with Crippen LogP contribution >= 0.6 is 21.6 Å². The van der Waals surface area contributed by atoms with Crippen LogP contribution in [0.25, 0.3) is 10.9 Å². The Bertz CT molecular complexity index is 3490. The molecule has 2 aliphatic heterocycles. The third kappa shape index (κ3) is 23.5. The zero-order valence-electron chi connectivity index (χ0n) is 54.1. The summed E-state index contributed by atoms with van der Waals surface area (Å²) in [6.45, 7) is 0.946. The number of rotatable bonds is 20. The van der Waals surface area contributed by atoms with E-state index in [-0.39, 0.29) is 99.5 Å². The largest absolute Gasteiger partial charge is 0.508 e. The van der Waals surface area contributed by atoms with Crippen LogP contribution in [0.2, 0.25) is 0 Å². The number of carbonyl (C=O) groups excluding carboxylic acids is 12. The number of carbonyl (C=O) groups is 12. The van der Waals surface area contributed by atoms with Gasteiger partial charge < -0.3 is 106 Å². The number of guanidine groups is 1. The highest BCUT2D eigenvalue weighted by atomic mass is 33.1. The van der Waals surface area contributed by atoms with Crippen molar-refractivity contribution in [3.05, 3.63) is 95.7 Å². The number of aromatic amines is 1. The number of phenolic OH excluding ortho intramolecular Hbond substituents is 2. The summed E-state index contributed by atoms with van der Waals surface area (Å²) in [5.41, 5.74) is 24.6. The van der Waals surface area contributed by atoms with Crippen LogP contribution in [0.4, 0.5) is 0 Å². The van der Waals surface area contributed by atoms with Crippen molar-refractivity contribution >= 4 is 109 Å². The predicted molar refractivity (Wildman–Crippen MR) is 362 cm³/mol. The first-order valence-electron chi connectivity index (χ1n) is 31.7. The Balaban J connectivity index is 1.37. The van der Waals surface area contributed by atoms with Crippen LogP contribution < -0.4 is 76.1 Å². The minimum atomic E-state index is -1.80. The van der Waals surface area contributed by atoms with E-state index in [1.807, 2.05) is 0 Å². The highest BCUT2D eigenvalue weighted by Gasteiger charge is 2.39. The number of aliphatic imine (C=N–C) groups is 1. The molecule has 4 aromatic rings. The summed E-state index contributed by atoms with van der Waals surface area (Å²) in [6, 6.07) is 3.20. The molecule has 0 radical (unpaired) electrons. The van der Waals surface area contributed by atoms with Crippen molar-refractivity contribution in [2.75, 3.05) is 50.9 Å². The number of fused-ring (bicyclic) bond motifs is 1. The quantitative estimate of drug-likeness (QED) is 0.0171. The normalized spacial score (nSPS) is 22.9. The van der Waals surface area contributed by atoms with E-state index < -0.39 is 157 Å². The number of phenols is 2. The minimum absolute atomic E-state index is 0.00265. The average Bonchev–Trinajstić information content (AvgIpc) is 1.59. The average molecular weight is 1400 g/mol. The van der Waals surface area contributed by atoms with Gasteiger partial charge in [0.25, 0.3) is 0 Å². The molecule has 532 valence electrons. The number of amides is 12. The molecule has 0 bridgehead atoms. The van der Waals surface area contributed by atoms with Crippen molar-refractivity contribution in [3.63, 3.8) is 0 Å². The fourth-order valence-electron chi connectivity index (χ4n) is 10.6. The first-order valence-corrected chi connectivity index (χ1v) is 34.2. The van der Waals surface area contributed by atoms with Gasteiger partial charge in [0.05, 0.1) is 13.2 Å². The van der Waals surface area contributed by atoms with Crippen molar-refractivity contribution in [1.29, 1.82) is 0 Å². The number of primary amides is 1. The third-order valence-electron chi connectivity index (χ3n) is 16.0. The fourth-order valence-corrected chi connectivity index (χ4v) is 13.0.